The highest BCUT2D eigenvalue weighted by atomic mass is 32.2. The summed E-state index contributed by atoms with van der Waals surface area (Å²) < 4.78 is 25.3. The highest BCUT2D eigenvalue weighted by Gasteiger charge is 2.52. The van der Waals surface area contributed by atoms with E-state index in [4.69, 9.17) is 9.82 Å². The molecule has 1 unspecified atom stereocenters. The van der Waals surface area contributed by atoms with Gasteiger partial charge in [-0.2, -0.15) is 0 Å². The lowest BCUT2D eigenvalue weighted by Crippen LogP contribution is -2.38. The third-order valence-corrected chi connectivity index (χ3v) is 8.25. The molecule has 0 bridgehead atoms. The molecule has 42 heavy (non-hydrogen) atoms. The number of carbonyl (C=O) groups excluding carboxylic acids is 1. The van der Waals surface area contributed by atoms with Gasteiger partial charge in [0.1, 0.15) is 5.82 Å². The number of hydrogen-bond donors (Lipinski definition) is 3. The van der Waals surface area contributed by atoms with Gasteiger partial charge in [-0.15, -0.1) is 5.48 Å². The molecule has 2 heterocycles. The number of benzene rings is 3. The maximum Gasteiger partial charge on any atom is 0.244 e. The molecule has 3 N–H and O–H groups in total. The minimum Gasteiger partial charge on any atom is -0.406 e. The first-order chi connectivity index (χ1) is 20.2. The van der Waals surface area contributed by atoms with Gasteiger partial charge in [0, 0.05) is 17.7 Å². The summed E-state index contributed by atoms with van der Waals surface area (Å²) in [7, 11) is -3.60. The molecule has 0 spiro atoms. The van der Waals surface area contributed by atoms with Crippen molar-refractivity contribution in [3.05, 3.63) is 125 Å². The highest BCUT2D eigenvalue weighted by Crippen LogP contribution is 2.48. The monoisotopic (exact) mass is 580 g/mol. The predicted octanol–water partition coefficient (Wildman–Crippen LogP) is 5.15. The number of hydroxylamine groups is 1. The number of pyridine rings is 1. The van der Waals surface area contributed by atoms with Crippen LogP contribution in [-0.4, -0.2) is 31.6 Å². The number of carbonyl (C=O) groups is 1. The molecule has 1 atom stereocenters. The largest absolute Gasteiger partial charge is 0.406 e. The first-order valence-electron chi connectivity index (χ1n) is 13.9. The summed E-state index contributed by atoms with van der Waals surface area (Å²) in [4.78, 5) is 23.3. The van der Waals surface area contributed by atoms with Crippen molar-refractivity contribution in [1.82, 2.24) is 15.2 Å². The SMILES string of the molecule is CC1NOC(c2ccc(-c3ccc(C4(C(=O)NS(C)(=O)=O)CC4)cc3)cc2)=C1Nc1cccc(Cc2ccccc2)n1. The van der Waals surface area contributed by atoms with Crippen LogP contribution in [0.3, 0.4) is 0 Å². The lowest BCUT2D eigenvalue weighted by atomic mass is 9.93. The maximum atomic E-state index is 12.6. The van der Waals surface area contributed by atoms with E-state index in [1.54, 1.807) is 0 Å². The third-order valence-electron chi connectivity index (χ3n) is 7.69. The fourth-order valence-corrected chi connectivity index (χ4v) is 5.79. The van der Waals surface area contributed by atoms with E-state index >= 15 is 0 Å². The van der Waals surface area contributed by atoms with Crippen LogP contribution in [0.2, 0.25) is 0 Å². The first-order valence-corrected chi connectivity index (χ1v) is 15.8. The third kappa shape index (κ3) is 5.93. The van der Waals surface area contributed by atoms with Gasteiger partial charge in [0.2, 0.25) is 15.9 Å². The number of aromatic nitrogens is 1. The van der Waals surface area contributed by atoms with Gasteiger partial charge in [-0.1, -0.05) is 84.9 Å². The van der Waals surface area contributed by atoms with E-state index in [-0.39, 0.29) is 6.04 Å². The first kappa shape index (κ1) is 27.7. The van der Waals surface area contributed by atoms with E-state index in [9.17, 15) is 13.2 Å². The molecule has 4 aromatic rings. The molecule has 214 valence electrons. The van der Waals surface area contributed by atoms with E-state index in [1.807, 2.05) is 91.9 Å². The average Bonchev–Trinajstić information content (AvgIpc) is 3.72. The minimum atomic E-state index is -3.60. The van der Waals surface area contributed by atoms with Crippen molar-refractivity contribution in [2.75, 3.05) is 11.6 Å². The minimum absolute atomic E-state index is 0.0542. The van der Waals surface area contributed by atoms with Crippen molar-refractivity contribution in [1.29, 1.82) is 0 Å². The summed E-state index contributed by atoms with van der Waals surface area (Å²) in [6, 6.07) is 32.1. The number of nitrogens with zero attached hydrogens (tertiary/aromatic N) is 1. The van der Waals surface area contributed by atoms with E-state index in [1.165, 1.54) is 5.56 Å². The zero-order valence-electron chi connectivity index (χ0n) is 23.4. The van der Waals surface area contributed by atoms with Crippen LogP contribution in [0.25, 0.3) is 16.9 Å². The van der Waals surface area contributed by atoms with Gasteiger partial charge in [0.05, 0.1) is 23.4 Å². The molecule has 3 aromatic carbocycles. The Kier molecular flexibility index (Phi) is 7.30. The van der Waals surface area contributed by atoms with Gasteiger partial charge in [-0.25, -0.2) is 13.4 Å². The van der Waals surface area contributed by atoms with Crippen molar-refractivity contribution < 1.29 is 18.0 Å². The molecule has 0 saturated heterocycles. The van der Waals surface area contributed by atoms with E-state index < -0.39 is 21.3 Å². The molecule has 1 aliphatic heterocycles. The van der Waals surface area contributed by atoms with Crippen LogP contribution in [0.5, 0.6) is 0 Å². The number of nitrogens with one attached hydrogen (secondary N) is 3. The van der Waals surface area contributed by atoms with Gasteiger partial charge in [0.25, 0.3) is 0 Å². The van der Waals surface area contributed by atoms with Gasteiger partial charge in [0.15, 0.2) is 5.76 Å². The molecular weight excluding hydrogens is 548 g/mol. The lowest BCUT2D eigenvalue weighted by molar-refractivity contribution is -0.121. The second kappa shape index (κ2) is 11.1. The maximum absolute atomic E-state index is 12.6. The average molecular weight is 581 g/mol. The summed E-state index contributed by atoms with van der Waals surface area (Å²) in [5.41, 5.74) is 9.13. The van der Waals surface area contributed by atoms with Crippen LogP contribution >= 0.6 is 0 Å². The second-order valence-corrected chi connectivity index (χ2v) is 12.7. The highest BCUT2D eigenvalue weighted by molar-refractivity contribution is 7.89. The Balaban J connectivity index is 1.18. The van der Waals surface area contributed by atoms with E-state index in [0.29, 0.717) is 18.6 Å². The molecule has 1 saturated carbocycles. The quantitative estimate of drug-likeness (QED) is 0.251. The smallest absolute Gasteiger partial charge is 0.244 e. The van der Waals surface area contributed by atoms with Crippen LogP contribution < -0.4 is 15.5 Å². The Morgan fingerprint density at radius 3 is 2.19 bits per heavy atom. The van der Waals surface area contributed by atoms with E-state index in [2.05, 4.69) is 27.7 Å². The molecule has 1 aliphatic carbocycles. The van der Waals surface area contributed by atoms with Crippen LogP contribution in [0.1, 0.15) is 42.1 Å². The van der Waals surface area contributed by atoms with Crippen LogP contribution in [0.15, 0.2) is 103 Å². The molecule has 6 rings (SSSR count). The topological polar surface area (TPSA) is 109 Å². The Morgan fingerprint density at radius 1 is 0.905 bits per heavy atom. The fraction of sp³-hybridized carbons (Fsp3) is 0.212. The molecule has 8 nitrogen and oxygen atoms in total. The Morgan fingerprint density at radius 2 is 1.55 bits per heavy atom. The Labute approximate surface area is 245 Å². The zero-order valence-corrected chi connectivity index (χ0v) is 24.2. The lowest BCUT2D eigenvalue weighted by Gasteiger charge is -2.15. The van der Waals surface area contributed by atoms with Crippen molar-refractivity contribution in [3.8, 4) is 11.1 Å². The number of hydrogen-bond acceptors (Lipinski definition) is 7. The van der Waals surface area contributed by atoms with Crippen LogP contribution in [0.4, 0.5) is 5.82 Å². The van der Waals surface area contributed by atoms with Crippen LogP contribution in [0, 0.1) is 0 Å². The summed E-state index contributed by atoms with van der Waals surface area (Å²) in [6.07, 6.45) is 3.02. The van der Waals surface area contributed by atoms with Crippen molar-refractivity contribution in [3.63, 3.8) is 0 Å². The number of anilines is 1. The molecular formula is C33H32N4O4S. The van der Waals surface area contributed by atoms with E-state index in [0.717, 1.165) is 52.1 Å². The fourth-order valence-electron chi connectivity index (χ4n) is 5.26. The molecule has 1 aromatic heterocycles. The van der Waals surface area contributed by atoms with Crippen molar-refractivity contribution in [2.45, 2.75) is 37.6 Å². The Hall–Kier alpha value is -4.47. The summed E-state index contributed by atoms with van der Waals surface area (Å²) in [5.74, 6) is 1.01. The predicted molar refractivity (Wildman–Crippen MR) is 163 cm³/mol. The second-order valence-electron chi connectivity index (χ2n) is 10.9. The summed E-state index contributed by atoms with van der Waals surface area (Å²) in [5, 5.41) is 3.47. The van der Waals surface area contributed by atoms with Gasteiger partial charge in [-0.3, -0.25) is 9.52 Å². The normalized spacial score (nSPS) is 17.4. The number of amides is 1. The number of rotatable bonds is 9. The van der Waals surface area contributed by atoms with Crippen molar-refractivity contribution >= 4 is 27.5 Å². The molecule has 1 fully saturated rings. The van der Waals surface area contributed by atoms with Crippen molar-refractivity contribution in [2.24, 2.45) is 0 Å². The Bertz CT molecular complexity index is 1750. The molecule has 0 radical (unpaired) electrons. The molecule has 1 amide bonds. The summed E-state index contributed by atoms with van der Waals surface area (Å²) in [6.45, 7) is 2.03. The number of sulfonamides is 1. The summed E-state index contributed by atoms with van der Waals surface area (Å²) >= 11 is 0. The van der Waals surface area contributed by atoms with Crippen LogP contribution in [-0.2, 0) is 31.5 Å². The zero-order chi connectivity index (χ0) is 29.3. The van der Waals surface area contributed by atoms with Gasteiger partial charge < -0.3 is 10.2 Å². The van der Waals surface area contributed by atoms with Gasteiger partial charge in [-0.05, 0) is 54.2 Å². The van der Waals surface area contributed by atoms with Gasteiger partial charge >= 0.3 is 0 Å². The molecule has 9 heteroatoms. The molecule has 2 aliphatic rings. The standard InChI is InChI=1S/C33H32N4O4S/c1-22-30(35-29-10-6-9-28(34-29)21-23-7-4-3-5-8-23)31(41-36-22)26-13-11-24(12-14-26)25-15-17-27(18-16-25)33(19-20-33)32(38)37-42(2,39)40/h3-18,22,36H,19-21H2,1-2H3,(H,34,35)(H,37,38).